The Hall–Kier alpha value is -2.04. The van der Waals surface area contributed by atoms with Crippen molar-refractivity contribution in [2.24, 2.45) is 5.92 Å². The molecule has 1 saturated carbocycles. The quantitative estimate of drug-likeness (QED) is 0.835. The van der Waals surface area contributed by atoms with Crippen LogP contribution in [0.5, 0.6) is 5.75 Å². The van der Waals surface area contributed by atoms with Crippen LogP contribution in [-0.2, 0) is 4.79 Å². The van der Waals surface area contributed by atoms with E-state index in [1.54, 1.807) is 0 Å². The number of hydrogen-bond donors (Lipinski definition) is 2. The summed E-state index contributed by atoms with van der Waals surface area (Å²) in [4.78, 5) is 11.9. The first kappa shape index (κ1) is 12.7. The van der Waals surface area contributed by atoms with Crippen molar-refractivity contribution in [3.8, 4) is 5.75 Å². The van der Waals surface area contributed by atoms with Gasteiger partial charge in [0.2, 0.25) is 0 Å². The number of carbonyl (C=O) groups is 1. The molecule has 4 rings (SSSR count). The molecule has 4 nitrogen and oxygen atoms in total. The van der Waals surface area contributed by atoms with Crippen molar-refractivity contribution in [1.82, 2.24) is 5.32 Å². The van der Waals surface area contributed by atoms with Crippen LogP contribution >= 0.6 is 0 Å². The minimum atomic E-state index is -0.749. The lowest BCUT2D eigenvalue weighted by Crippen LogP contribution is -2.39. The zero-order valence-corrected chi connectivity index (χ0v) is 11.8. The summed E-state index contributed by atoms with van der Waals surface area (Å²) >= 11 is 0. The van der Waals surface area contributed by atoms with Crippen LogP contribution in [0.15, 0.2) is 18.2 Å². The molecule has 0 unspecified atom stereocenters. The van der Waals surface area contributed by atoms with Gasteiger partial charge in [-0.25, -0.2) is 4.39 Å². The molecule has 0 bridgehead atoms. The number of carbonyl (C=O) groups excluding carboxylic acids is 1. The zero-order valence-electron chi connectivity index (χ0n) is 11.8. The van der Waals surface area contributed by atoms with Gasteiger partial charge in [-0.1, -0.05) is 13.0 Å². The molecule has 110 valence electrons. The third kappa shape index (κ3) is 1.99. The summed E-state index contributed by atoms with van der Waals surface area (Å²) in [6.45, 7) is 3.05. The van der Waals surface area contributed by atoms with Gasteiger partial charge in [0.25, 0.3) is 5.91 Å². The summed E-state index contributed by atoms with van der Waals surface area (Å²) < 4.78 is 20.0. The second-order valence-electron chi connectivity index (χ2n) is 6.22. The monoisotopic (exact) mass is 288 g/mol. The van der Waals surface area contributed by atoms with Crippen LogP contribution in [0.4, 0.5) is 10.1 Å². The summed E-state index contributed by atoms with van der Waals surface area (Å²) in [6.07, 6.45) is 4.46. The second-order valence-corrected chi connectivity index (χ2v) is 6.22. The number of anilines is 1. The Morgan fingerprint density at radius 2 is 2.19 bits per heavy atom. The van der Waals surface area contributed by atoms with Crippen molar-refractivity contribution >= 4 is 17.3 Å². The number of ether oxygens (including phenoxy) is 1. The molecular formula is C16H17FN2O2. The van der Waals surface area contributed by atoms with Crippen LogP contribution in [0.3, 0.4) is 0 Å². The minimum absolute atomic E-state index is 0.158. The molecule has 3 aliphatic rings. The molecule has 21 heavy (non-hydrogen) atoms. The predicted molar refractivity (Wildman–Crippen MR) is 77.4 cm³/mol. The van der Waals surface area contributed by atoms with Crippen molar-refractivity contribution < 1.29 is 13.9 Å². The van der Waals surface area contributed by atoms with E-state index in [1.807, 2.05) is 6.07 Å². The van der Waals surface area contributed by atoms with Gasteiger partial charge in [0.1, 0.15) is 11.4 Å². The Morgan fingerprint density at radius 3 is 2.86 bits per heavy atom. The smallest absolute Gasteiger partial charge is 0.268 e. The maximum atomic E-state index is 14.3. The maximum Gasteiger partial charge on any atom is 0.268 e. The molecule has 1 amide bonds. The van der Waals surface area contributed by atoms with Gasteiger partial charge in [-0.2, -0.15) is 0 Å². The number of hydrogen-bond acceptors (Lipinski definition) is 3. The van der Waals surface area contributed by atoms with Gasteiger partial charge in [0, 0.05) is 30.6 Å². The predicted octanol–water partition coefficient (Wildman–Crippen LogP) is 2.66. The fourth-order valence-electron chi connectivity index (χ4n) is 2.84. The minimum Gasteiger partial charge on any atom is -0.475 e. The van der Waals surface area contributed by atoms with E-state index in [0.717, 1.165) is 24.2 Å². The average molecular weight is 288 g/mol. The van der Waals surface area contributed by atoms with Gasteiger partial charge in [0.15, 0.2) is 11.4 Å². The van der Waals surface area contributed by atoms with E-state index < -0.39 is 11.4 Å². The van der Waals surface area contributed by atoms with Crippen LogP contribution in [0.1, 0.15) is 31.7 Å². The Kier molecular flexibility index (Phi) is 2.55. The lowest BCUT2D eigenvalue weighted by molar-refractivity contribution is -0.125. The van der Waals surface area contributed by atoms with E-state index in [1.165, 1.54) is 6.07 Å². The molecular weight excluding hydrogens is 271 g/mol. The number of rotatable bonds is 1. The van der Waals surface area contributed by atoms with E-state index in [2.05, 4.69) is 23.6 Å². The first-order valence-electron chi connectivity index (χ1n) is 7.36. The Morgan fingerprint density at radius 1 is 1.38 bits per heavy atom. The van der Waals surface area contributed by atoms with Crippen molar-refractivity contribution in [3.63, 3.8) is 0 Å². The van der Waals surface area contributed by atoms with Gasteiger partial charge in [-0.3, -0.25) is 4.79 Å². The molecule has 1 aliphatic carbocycles. The summed E-state index contributed by atoms with van der Waals surface area (Å²) in [5, 5.41) is 5.96. The lowest BCUT2D eigenvalue weighted by atomic mass is 9.99. The summed E-state index contributed by atoms with van der Waals surface area (Å²) in [7, 11) is 0. The number of halogens is 1. The lowest BCUT2D eigenvalue weighted by Gasteiger charge is -2.27. The topological polar surface area (TPSA) is 50.4 Å². The molecule has 0 saturated heterocycles. The molecule has 5 heteroatoms. The molecule has 0 aromatic heterocycles. The van der Waals surface area contributed by atoms with Crippen LogP contribution in [-0.4, -0.2) is 18.1 Å². The molecule has 0 radical (unpaired) electrons. The van der Waals surface area contributed by atoms with E-state index in [-0.39, 0.29) is 11.6 Å². The van der Waals surface area contributed by atoms with E-state index >= 15 is 0 Å². The molecule has 1 aromatic carbocycles. The van der Waals surface area contributed by atoms with E-state index in [0.29, 0.717) is 24.5 Å². The normalized spacial score (nSPS) is 25.3. The molecule has 1 atom stereocenters. The highest BCUT2D eigenvalue weighted by Crippen LogP contribution is 2.48. The van der Waals surface area contributed by atoms with Crippen molar-refractivity contribution in [3.05, 3.63) is 29.6 Å². The van der Waals surface area contributed by atoms with Crippen LogP contribution < -0.4 is 15.4 Å². The highest BCUT2D eigenvalue weighted by atomic mass is 19.1. The van der Waals surface area contributed by atoms with Crippen LogP contribution in [0.25, 0.3) is 5.70 Å². The molecule has 2 N–H and O–H groups in total. The largest absolute Gasteiger partial charge is 0.475 e. The number of allylic oxidation sites excluding steroid dienone is 1. The van der Waals surface area contributed by atoms with Gasteiger partial charge in [-0.05, 0) is 24.5 Å². The first-order chi connectivity index (χ1) is 10.1. The molecule has 1 aromatic rings. The first-order valence-corrected chi connectivity index (χ1v) is 7.36. The highest BCUT2D eigenvalue weighted by Gasteiger charge is 2.55. The third-order valence-electron chi connectivity index (χ3n) is 4.39. The Labute approximate surface area is 122 Å². The molecule has 2 heterocycles. The molecule has 1 fully saturated rings. The average Bonchev–Trinajstić information content (AvgIpc) is 3.22. The number of amides is 1. The SMILES string of the molecule is C[C@H]1CC=C(c2cc(F)c3c(c2)OC2(CC2)C(=O)N3)NC1. The summed E-state index contributed by atoms with van der Waals surface area (Å²) in [5.74, 6) is 0.336. The number of benzene rings is 1. The van der Waals surface area contributed by atoms with Gasteiger partial charge >= 0.3 is 0 Å². The summed E-state index contributed by atoms with van der Waals surface area (Å²) in [5.41, 5.74) is 1.11. The van der Waals surface area contributed by atoms with Crippen molar-refractivity contribution in [2.45, 2.75) is 31.8 Å². The molecule has 1 spiro atoms. The fraction of sp³-hybridized carbons (Fsp3) is 0.438. The van der Waals surface area contributed by atoms with Gasteiger partial charge < -0.3 is 15.4 Å². The Balaban J connectivity index is 1.72. The fourth-order valence-corrected chi connectivity index (χ4v) is 2.84. The number of nitrogens with one attached hydrogen (secondary N) is 2. The van der Waals surface area contributed by atoms with Crippen molar-refractivity contribution in [2.75, 3.05) is 11.9 Å². The highest BCUT2D eigenvalue weighted by molar-refractivity contribution is 6.03. The van der Waals surface area contributed by atoms with E-state index in [9.17, 15) is 9.18 Å². The summed E-state index contributed by atoms with van der Waals surface area (Å²) in [6, 6.07) is 3.26. The van der Waals surface area contributed by atoms with Crippen LogP contribution in [0.2, 0.25) is 0 Å². The van der Waals surface area contributed by atoms with Gasteiger partial charge in [0.05, 0.1) is 0 Å². The van der Waals surface area contributed by atoms with Gasteiger partial charge in [-0.15, -0.1) is 0 Å². The van der Waals surface area contributed by atoms with Crippen molar-refractivity contribution in [1.29, 1.82) is 0 Å². The standard InChI is InChI=1S/C16H17FN2O2/c1-9-2-3-12(18-8-9)10-6-11(17)14-13(7-10)21-16(4-5-16)15(20)19-14/h3,6-7,9,18H,2,4-5,8H2,1H3,(H,19,20)/t9-/m0/s1. The maximum absolute atomic E-state index is 14.3. The zero-order chi connectivity index (χ0) is 14.6. The second kappa shape index (κ2) is 4.23. The number of fused-ring (bicyclic) bond motifs is 1. The third-order valence-corrected chi connectivity index (χ3v) is 4.39. The van der Waals surface area contributed by atoms with E-state index in [4.69, 9.17) is 4.74 Å². The Bertz CT molecular complexity index is 664. The molecule has 2 aliphatic heterocycles. The van der Waals surface area contributed by atoms with Crippen LogP contribution in [0, 0.1) is 11.7 Å².